The van der Waals surface area contributed by atoms with Gasteiger partial charge < -0.3 is 14.6 Å². The number of piperidine rings is 1. The molecular formula is C16H21N3O5S. The average molecular weight is 367 g/mol. The number of carbonyl (C=O) groups excluding carboxylic acids is 1. The molecule has 0 bridgehead atoms. The van der Waals surface area contributed by atoms with Crippen LogP contribution in [0.5, 0.6) is 0 Å². The number of carbonyl (C=O) groups is 1. The van der Waals surface area contributed by atoms with Gasteiger partial charge in [-0.2, -0.15) is 0 Å². The monoisotopic (exact) mass is 367 g/mol. The largest absolute Gasteiger partial charge is 0.450 e. The quantitative estimate of drug-likeness (QED) is 0.886. The van der Waals surface area contributed by atoms with Gasteiger partial charge in [-0.3, -0.25) is 4.57 Å². The van der Waals surface area contributed by atoms with E-state index in [2.05, 4.69) is 4.98 Å². The molecule has 9 heteroatoms. The summed E-state index contributed by atoms with van der Waals surface area (Å²) in [6.45, 7) is 3.14. The maximum atomic E-state index is 12.4. The van der Waals surface area contributed by atoms with Gasteiger partial charge >= 0.3 is 11.8 Å². The Morgan fingerprint density at radius 2 is 2.00 bits per heavy atom. The van der Waals surface area contributed by atoms with E-state index in [4.69, 9.17) is 4.74 Å². The van der Waals surface area contributed by atoms with E-state index in [1.165, 1.54) is 12.1 Å². The van der Waals surface area contributed by atoms with Gasteiger partial charge in [0.05, 0.1) is 22.5 Å². The highest BCUT2D eigenvalue weighted by Crippen LogP contribution is 2.26. The summed E-state index contributed by atoms with van der Waals surface area (Å²) in [5, 5.41) is 0. The first-order chi connectivity index (χ1) is 11.8. The number of nitrogens with zero attached hydrogens (tertiary/aromatic N) is 2. The van der Waals surface area contributed by atoms with Crippen LogP contribution in [0.3, 0.4) is 0 Å². The molecule has 2 aromatic rings. The first-order valence-electron chi connectivity index (χ1n) is 8.17. The minimum absolute atomic E-state index is 0.0454. The molecule has 0 saturated carbocycles. The Labute approximate surface area is 145 Å². The topological polar surface area (TPSA) is 101 Å². The van der Waals surface area contributed by atoms with Crippen LogP contribution in [0.15, 0.2) is 27.9 Å². The van der Waals surface area contributed by atoms with Crippen LogP contribution in [0.25, 0.3) is 11.0 Å². The number of H-pyrrole nitrogens is 1. The average Bonchev–Trinajstić information content (AvgIpc) is 2.89. The van der Waals surface area contributed by atoms with Gasteiger partial charge in [0, 0.05) is 25.4 Å². The van der Waals surface area contributed by atoms with Gasteiger partial charge in [0.25, 0.3) is 0 Å². The molecule has 25 heavy (non-hydrogen) atoms. The second-order valence-corrected chi connectivity index (χ2v) is 8.18. The van der Waals surface area contributed by atoms with Crippen LogP contribution in [0, 0.1) is 0 Å². The van der Waals surface area contributed by atoms with Crippen LogP contribution in [-0.4, -0.2) is 54.9 Å². The third-order valence-electron chi connectivity index (χ3n) is 4.47. The smallest absolute Gasteiger partial charge is 0.409 e. The zero-order valence-electron chi connectivity index (χ0n) is 14.2. The van der Waals surface area contributed by atoms with Crippen LogP contribution in [0.1, 0.15) is 25.8 Å². The molecule has 136 valence electrons. The van der Waals surface area contributed by atoms with E-state index < -0.39 is 9.84 Å². The number of rotatable bonds is 3. The standard InChI is InChI=1S/C16H21N3O5S/c1-3-24-16(21)18-8-6-11(7-9-18)19-14-5-4-12(25(2,22)23)10-13(14)17-15(19)20/h4-5,10-11H,3,6-9H2,1-2H3,(H,17,20). The lowest BCUT2D eigenvalue weighted by Crippen LogP contribution is -2.40. The van der Waals surface area contributed by atoms with E-state index in [0.29, 0.717) is 43.6 Å². The van der Waals surface area contributed by atoms with Crippen molar-refractivity contribution in [3.63, 3.8) is 0 Å². The van der Waals surface area contributed by atoms with Crippen LogP contribution < -0.4 is 5.69 Å². The molecule has 3 rings (SSSR count). The first-order valence-corrected chi connectivity index (χ1v) is 10.1. The number of fused-ring (bicyclic) bond motifs is 1. The van der Waals surface area contributed by atoms with Gasteiger partial charge in [0.1, 0.15) is 0 Å². The predicted molar refractivity (Wildman–Crippen MR) is 92.5 cm³/mol. The summed E-state index contributed by atoms with van der Waals surface area (Å²) in [4.78, 5) is 28.7. The molecule has 1 saturated heterocycles. The molecule has 1 N–H and O–H groups in total. The minimum atomic E-state index is -3.33. The van der Waals surface area contributed by atoms with Crippen molar-refractivity contribution in [2.24, 2.45) is 0 Å². The van der Waals surface area contributed by atoms with Crippen LogP contribution in [0.2, 0.25) is 0 Å². The number of amides is 1. The van der Waals surface area contributed by atoms with E-state index in [1.54, 1.807) is 22.5 Å². The van der Waals surface area contributed by atoms with Crippen molar-refractivity contribution in [2.45, 2.75) is 30.7 Å². The summed E-state index contributed by atoms with van der Waals surface area (Å²) in [5.41, 5.74) is 0.906. The van der Waals surface area contributed by atoms with E-state index in [9.17, 15) is 18.0 Å². The Balaban J connectivity index is 1.86. The summed E-state index contributed by atoms with van der Waals surface area (Å²) in [7, 11) is -3.33. The highest BCUT2D eigenvalue weighted by atomic mass is 32.2. The fraction of sp³-hybridized carbons (Fsp3) is 0.500. The molecule has 0 spiro atoms. The fourth-order valence-electron chi connectivity index (χ4n) is 3.22. The lowest BCUT2D eigenvalue weighted by molar-refractivity contribution is 0.0928. The lowest BCUT2D eigenvalue weighted by atomic mass is 10.0. The van der Waals surface area contributed by atoms with Gasteiger partial charge in [0.15, 0.2) is 9.84 Å². The Hall–Kier alpha value is -2.29. The van der Waals surface area contributed by atoms with Crippen molar-refractivity contribution >= 4 is 27.0 Å². The third kappa shape index (κ3) is 3.41. The molecule has 0 unspecified atom stereocenters. The molecule has 1 fully saturated rings. The molecule has 0 atom stereocenters. The van der Waals surface area contributed by atoms with Gasteiger partial charge in [0.2, 0.25) is 0 Å². The highest BCUT2D eigenvalue weighted by Gasteiger charge is 2.26. The number of aromatic amines is 1. The third-order valence-corrected chi connectivity index (χ3v) is 5.58. The number of aromatic nitrogens is 2. The van der Waals surface area contributed by atoms with Crippen LogP contribution >= 0.6 is 0 Å². The van der Waals surface area contributed by atoms with Gasteiger partial charge in [-0.05, 0) is 38.0 Å². The number of nitrogens with one attached hydrogen (secondary N) is 1. The first kappa shape index (κ1) is 17.5. The zero-order valence-corrected chi connectivity index (χ0v) is 15.0. The Bertz CT molecular complexity index is 952. The summed E-state index contributed by atoms with van der Waals surface area (Å²) in [5.74, 6) is 0. The summed E-state index contributed by atoms with van der Waals surface area (Å²) < 4.78 is 30.0. The molecular weight excluding hydrogens is 346 g/mol. The van der Waals surface area contributed by atoms with Gasteiger partial charge in [-0.25, -0.2) is 18.0 Å². The van der Waals surface area contributed by atoms with Crippen molar-refractivity contribution in [3.05, 3.63) is 28.7 Å². The van der Waals surface area contributed by atoms with Crippen LogP contribution in [-0.2, 0) is 14.6 Å². The molecule has 0 aliphatic carbocycles. The Kier molecular flexibility index (Phi) is 4.59. The Morgan fingerprint density at radius 3 is 2.60 bits per heavy atom. The van der Waals surface area contributed by atoms with E-state index in [-0.39, 0.29) is 22.7 Å². The molecule has 1 aromatic carbocycles. The number of imidazole rings is 1. The number of likely N-dealkylation sites (tertiary alicyclic amines) is 1. The number of hydrogen-bond acceptors (Lipinski definition) is 5. The van der Waals surface area contributed by atoms with Crippen LogP contribution in [0.4, 0.5) is 4.79 Å². The maximum absolute atomic E-state index is 12.4. The van der Waals surface area contributed by atoms with Crippen molar-refractivity contribution in [2.75, 3.05) is 26.0 Å². The molecule has 1 aliphatic rings. The number of ether oxygens (including phenoxy) is 1. The second kappa shape index (κ2) is 6.55. The Morgan fingerprint density at radius 1 is 1.32 bits per heavy atom. The van der Waals surface area contributed by atoms with E-state index in [1.807, 2.05) is 0 Å². The van der Waals surface area contributed by atoms with Crippen molar-refractivity contribution in [1.82, 2.24) is 14.5 Å². The van der Waals surface area contributed by atoms with Crippen molar-refractivity contribution in [1.29, 1.82) is 0 Å². The van der Waals surface area contributed by atoms with Gasteiger partial charge in [-0.1, -0.05) is 0 Å². The van der Waals surface area contributed by atoms with Gasteiger partial charge in [-0.15, -0.1) is 0 Å². The fourth-order valence-corrected chi connectivity index (χ4v) is 3.87. The molecule has 1 amide bonds. The molecule has 0 radical (unpaired) electrons. The molecule has 2 heterocycles. The minimum Gasteiger partial charge on any atom is -0.450 e. The van der Waals surface area contributed by atoms with E-state index in [0.717, 1.165) is 6.26 Å². The van der Waals surface area contributed by atoms with Crippen molar-refractivity contribution < 1.29 is 17.9 Å². The highest BCUT2D eigenvalue weighted by molar-refractivity contribution is 7.90. The van der Waals surface area contributed by atoms with Crippen molar-refractivity contribution in [3.8, 4) is 0 Å². The number of benzene rings is 1. The molecule has 1 aromatic heterocycles. The molecule has 8 nitrogen and oxygen atoms in total. The SMILES string of the molecule is CCOC(=O)N1CCC(n2c(=O)[nH]c3cc(S(C)(=O)=O)ccc32)CC1. The van der Waals surface area contributed by atoms with E-state index >= 15 is 0 Å². The number of sulfone groups is 1. The second-order valence-electron chi connectivity index (χ2n) is 6.17. The summed E-state index contributed by atoms with van der Waals surface area (Å²) in [6.07, 6.45) is 2.08. The maximum Gasteiger partial charge on any atom is 0.409 e. The molecule has 1 aliphatic heterocycles. The number of hydrogen-bond donors (Lipinski definition) is 1. The lowest BCUT2D eigenvalue weighted by Gasteiger charge is -2.31. The summed E-state index contributed by atoms with van der Waals surface area (Å²) >= 11 is 0. The zero-order chi connectivity index (χ0) is 18.2. The normalized spacial score (nSPS) is 16.3. The summed E-state index contributed by atoms with van der Waals surface area (Å²) in [6, 6.07) is 4.60. The predicted octanol–water partition coefficient (Wildman–Crippen LogP) is 1.53.